The molecule has 2 N–H and O–H groups in total. The largest absolute Gasteiger partial charge is 0.493 e. The molecule has 0 saturated heterocycles. The Morgan fingerprint density at radius 3 is 2.48 bits per heavy atom. The van der Waals surface area contributed by atoms with Crippen LogP contribution < -0.4 is 15.4 Å². The highest BCUT2D eigenvalue weighted by molar-refractivity contribution is 5.93. The minimum Gasteiger partial charge on any atom is -0.493 e. The molecule has 0 unspecified atom stereocenters. The van der Waals surface area contributed by atoms with Gasteiger partial charge in [-0.3, -0.25) is 9.78 Å². The Kier molecular flexibility index (Phi) is 5.15. The molecule has 0 spiro atoms. The van der Waals surface area contributed by atoms with E-state index in [1.54, 1.807) is 41.6 Å². The third kappa shape index (κ3) is 4.21. The Balaban J connectivity index is 1.87. The maximum absolute atomic E-state index is 12.2. The van der Waals surface area contributed by atoms with Crippen LogP contribution in [0.4, 0.5) is 11.4 Å². The molecule has 0 aliphatic rings. The first-order valence-electron chi connectivity index (χ1n) is 6.89. The second-order valence-corrected chi connectivity index (χ2v) is 4.51. The SMILES string of the molecule is CCN(C(=O)CCOc1ccc(N)cc1)c1ccncc1. The van der Waals surface area contributed by atoms with Crippen LogP contribution in [0.5, 0.6) is 5.75 Å². The highest BCUT2D eigenvalue weighted by Gasteiger charge is 2.13. The van der Waals surface area contributed by atoms with E-state index in [9.17, 15) is 4.79 Å². The van der Waals surface area contributed by atoms with Crippen molar-refractivity contribution < 1.29 is 9.53 Å². The molecular formula is C16H19N3O2. The third-order valence-electron chi connectivity index (χ3n) is 3.06. The molecule has 0 atom stereocenters. The van der Waals surface area contributed by atoms with Crippen molar-refractivity contribution in [3.63, 3.8) is 0 Å². The van der Waals surface area contributed by atoms with Crippen LogP contribution in [0.2, 0.25) is 0 Å². The van der Waals surface area contributed by atoms with E-state index in [1.165, 1.54) is 0 Å². The van der Waals surface area contributed by atoms with Crippen LogP contribution in [0.1, 0.15) is 13.3 Å². The molecule has 1 heterocycles. The maximum Gasteiger partial charge on any atom is 0.230 e. The number of carbonyl (C=O) groups excluding carboxylic acids is 1. The molecule has 5 nitrogen and oxygen atoms in total. The summed E-state index contributed by atoms with van der Waals surface area (Å²) in [6.07, 6.45) is 3.67. The smallest absolute Gasteiger partial charge is 0.230 e. The number of nitrogens with two attached hydrogens (primary N) is 1. The molecular weight excluding hydrogens is 266 g/mol. The Labute approximate surface area is 124 Å². The van der Waals surface area contributed by atoms with Crippen LogP contribution in [0, 0.1) is 0 Å². The highest BCUT2D eigenvalue weighted by Crippen LogP contribution is 2.15. The zero-order chi connectivity index (χ0) is 15.1. The standard InChI is InChI=1S/C16H19N3O2/c1-2-19(14-7-10-18-11-8-14)16(20)9-12-21-15-5-3-13(17)4-6-15/h3-8,10-11H,2,9,12,17H2,1H3. The highest BCUT2D eigenvalue weighted by atomic mass is 16.5. The number of anilines is 2. The number of amides is 1. The Bertz CT molecular complexity index is 570. The van der Waals surface area contributed by atoms with Crippen molar-refractivity contribution in [2.75, 3.05) is 23.8 Å². The minimum absolute atomic E-state index is 0.0270. The lowest BCUT2D eigenvalue weighted by Crippen LogP contribution is -2.31. The maximum atomic E-state index is 12.2. The summed E-state index contributed by atoms with van der Waals surface area (Å²) < 4.78 is 5.55. The number of hydrogen-bond donors (Lipinski definition) is 1. The van der Waals surface area contributed by atoms with Gasteiger partial charge in [0.15, 0.2) is 0 Å². The van der Waals surface area contributed by atoms with Crippen LogP contribution >= 0.6 is 0 Å². The molecule has 110 valence electrons. The van der Waals surface area contributed by atoms with Gasteiger partial charge in [-0.05, 0) is 43.3 Å². The minimum atomic E-state index is 0.0270. The summed E-state index contributed by atoms with van der Waals surface area (Å²) in [6, 6.07) is 10.8. The van der Waals surface area contributed by atoms with Crippen LogP contribution in [-0.4, -0.2) is 24.0 Å². The summed E-state index contributed by atoms with van der Waals surface area (Å²) in [5, 5.41) is 0. The first-order chi connectivity index (χ1) is 10.2. The molecule has 0 saturated carbocycles. The molecule has 2 aromatic rings. The molecule has 0 bridgehead atoms. The number of ether oxygens (including phenoxy) is 1. The fraction of sp³-hybridized carbons (Fsp3) is 0.250. The summed E-state index contributed by atoms with van der Waals surface area (Å²) in [7, 11) is 0. The first kappa shape index (κ1) is 14.8. The Morgan fingerprint density at radius 2 is 1.86 bits per heavy atom. The summed E-state index contributed by atoms with van der Waals surface area (Å²) in [5.41, 5.74) is 7.14. The van der Waals surface area contributed by atoms with Gasteiger partial charge in [0.2, 0.25) is 5.91 Å². The molecule has 1 aromatic heterocycles. The number of nitrogen functional groups attached to an aromatic ring is 1. The van der Waals surface area contributed by atoms with Crippen molar-refractivity contribution in [3.8, 4) is 5.75 Å². The summed E-state index contributed by atoms with van der Waals surface area (Å²) in [4.78, 5) is 17.9. The number of carbonyl (C=O) groups is 1. The quantitative estimate of drug-likeness (QED) is 0.828. The summed E-state index contributed by atoms with van der Waals surface area (Å²) >= 11 is 0. The van der Waals surface area contributed by atoms with E-state index in [0.29, 0.717) is 31.0 Å². The normalized spacial score (nSPS) is 10.1. The third-order valence-corrected chi connectivity index (χ3v) is 3.06. The van der Waals surface area contributed by atoms with Crippen molar-refractivity contribution in [2.45, 2.75) is 13.3 Å². The van der Waals surface area contributed by atoms with Crippen molar-refractivity contribution in [1.29, 1.82) is 0 Å². The van der Waals surface area contributed by atoms with Crippen molar-refractivity contribution in [2.24, 2.45) is 0 Å². The second-order valence-electron chi connectivity index (χ2n) is 4.51. The molecule has 1 amide bonds. The molecule has 0 fully saturated rings. The molecule has 0 radical (unpaired) electrons. The fourth-order valence-corrected chi connectivity index (χ4v) is 1.98. The van der Waals surface area contributed by atoms with E-state index in [2.05, 4.69) is 4.98 Å². The molecule has 1 aromatic carbocycles. The average molecular weight is 285 g/mol. The lowest BCUT2D eigenvalue weighted by Gasteiger charge is -2.20. The predicted octanol–water partition coefficient (Wildman–Crippen LogP) is 2.49. The number of nitrogens with zero attached hydrogens (tertiary/aromatic N) is 2. The Hall–Kier alpha value is -2.56. The van der Waals surface area contributed by atoms with Crippen molar-refractivity contribution in [1.82, 2.24) is 4.98 Å². The van der Waals surface area contributed by atoms with E-state index >= 15 is 0 Å². The monoisotopic (exact) mass is 285 g/mol. The lowest BCUT2D eigenvalue weighted by molar-refractivity contribution is -0.119. The van der Waals surface area contributed by atoms with Gasteiger partial charge in [0.25, 0.3) is 0 Å². The van der Waals surface area contributed by atoms with E-state index in [0.717, 1.165) is 5.69 Å². The van der Waals surface area contributed by atoms with Gasteiger partial charge >= 0.3 is 0 Å². The van der Waals surface area contributed by atoms with Gasteiger partial charge in [-0.25, -0.2) is 0 Å². The topological polar surface area (TPSA) is 68.5 Å². The predicted molar refractivity (Wildman–Crippen MR) is 83.2 cm³/mol. The van der Waals surface area contributed by atoms with Gasteiger partial charge in [-0.2, -0.15) is 0 Å². The van der Waals surface area contributed by atoms with E-state index in [-0.39, 0.29) is 5.91 Å². The zero-order valence-electron chi connectivity index (χ0n) is 12.0. The first-order valence-corrected chi connectivity index (χ1v) is 6.89. The molecule has 0 aliphatic heterocycles. The number of aromatic nitrogens is 1. The van der Waals surface area contributed by atoms with Gasteiger partial charge in [-0.1, -0.05) is 0 Å². The van der Waals surface area contributed by atoms with Crippen molar-refractivity contribution in [3.05, 3.63) is 48.8 Å². The van der Waals surface area contributed by atoms with Gasteiger partial charge in [-0.15, -0.1) is 0 Å². The van der Waals surface area contributed by atoms with E-state index < -0.39 is 0 Å². The van der Waals surface area contributed by atoms with E-state index in [4.69, 9.17) is 10.5 Å². The fourth-order valence-electron chi connectivity index (χ4n) is 1.98. The van der Waals surface area contributed by atoms with Gasteiger partial charge < -0.3 is 15.4 Å². The number of benzene rings is 1. The number of pyridine rings is 1. The van der Waals surface area contributed by atoms with Gasteiger partial charge in [0.05, 0.1) is 13.0 Å². The van der Waals surface area contributed by atoms with Gasteiger partial charge in [0, 0.05) is 30.3 Å². The summed E-state index contributed by atoms with van der Waals surface area (Å²) in [5.74, 6) is 0.739. The van der Waals surface area contributed by atoms with Gasteiger partial charge in [0.1, 0.15) is 5.75 Å². The van der Waals surface area contributed by atoms with E-state index in [1.807, 2.05) is 19.1 Å². The van der Waals surface area contributed by atoms with Crippen LogP contribution in [0.15, 0.2) is 48.8 Å². The molecule has 0 aliphatic carbocycles. The Morgan fingerprint density at radius 1 is 1.19 bits per heavy atom. The van der Waals surface area contributed by atoms with Crippen molar-refractivity contribution >= 4 is 17.3 Å². The van der Waals surface area contributed by atoms with Crippen LogP contribution in [0.3, 0.4) is 0 Å². The second kappa shape index (κ2) is 7.28. The number of hydrogen-bond acceptors (Lipinski definition) is 4. The number of rotatable bonds is 6. The van der Waals surface area contributed by atoms with Crippen LogP contribution in [-0.2, 0) is 4.79 Å². The lowest BCUT2D eigenvalue weighted by atomic mass is 10.3. The molecule has 5 heteroatoms. The molecule has 21 heavy (non-hydrogen) atoms. The average Bonchev–Trinajstić information content (AvgIpc) is 2.51. The zero-order valence-corrected chi connectivity index (χ0v) is 12.0. The summed E-state index contributed by atoms with van der Waals surface area (Å²) in [6.45, 7) is 2.90. The van der Waals surface area contributed by atoms with Crippen LogP contribution in [0.25, 0.3) is 0 Å². The molecule has 2 rings (SSSR count).